The number of ketones is 1. The second kappa shape index (κ2) is 4.21. The lowest BCUT2D eigenvalue weighted by molar-refractivity contribution is -0.113. The zero-order valence-electron chi connectivity index (χ0n) is 5.57. The summed E-state index contributed by atoms with van der Waals surface area (Å²) >= 11 is 0. The molecule has 0 aromatic heterocycles. The average Bonchev–Trinajstić information content (AvgIpc) is 1.82. The van der Waals surface area contributed by atoms with Crippen LogP contribution in [-0.4, -0.2) is 19.4 Å². The number of halogens is 1. The fourth-order valence-corrected chi connectivity index (χ4v) is 0.430. The Labute approximate surface area is 53.8 Å². The molecule has 0 atom stereocenters. The van der Waals surface area contributed by atoms with E-state index in [1.54, 1.807) is 7.05 Å². The van der Waals surface area contributed by atoms with Gasteiger partial charge in [0, 0.05) is 12.1 Å². The van der Waals surface area contributed by atoms with Gasteiger partial charge in [-0.25, -0.2) is 4.39 Å². The molecule has 0 unspecified atom stereocenters. The van der Waals surface area contributed by atoms with Crippen LogP contribution in [0.25, 0.3) is 0 Å². The number of likely N-dealkylation sites (N-methyl/N-ethyl adjacent to an activating group) is 1. The highest BCUT2D eigenvalue weighted by molar-refractivity contribution is 5.93. The summed E-state index contributed by atoms with van der Waals surface area (Å²) < 4.78 is 11.7. The number of hydrogen-bond acceptors (Lipinski definition) is 2. The molecule has 0 saturated carbocycles. The number of rotatable bonds is 3. The molecule has 3 heteroatoms. The summed E-state index contributed by atoms with van der Waals surface area (Å²) in [6.45, 7) is 1.63. The Bertz CT molecular complexity index is 131. The molecule has 0 saturated heterocycles. The van der Waals surface area contributed by atoms with Crippen LogP contribution in [0.3, 0.4) is 0 Å². The molecule has 0 heterocycles. The minimum atomic E-state index is -0.230. The van der Waals surface area contributed by atoms with Gasteiger partial charge in [-0.05, 0) is 14.0 Å². The molecule has 1 N–H and O–H groups in total. The van der Waals surface area contributed by atoms with Crippen LogP contribution >= 0.6 is 0 Å². The number of nitrogens with one attached hydrogen (secondary N) is 1. The fraction of sp³-hybridized carbons (Fsp3) is 0.500. The van der Waals surface area contributed by atoms with Crippen molar-refractivity contribution in [2.24, 2.45) is 0 Å². The molecule has 0 bridgehead atoms. The maximum absolute atomic E-state index is 11.7. The number of carbonyl (C=O) groups excluding carboxylic acids is 1. The van der Waals surface area contributed by atoms with E-state index in [1.165, 1.54) is 6.92 Å². The van der Waals surface area contributed by atoms with Crippen LogP contribution in [0.4, 0.5) is 4.39 Å². The van der Waals surface area contributed by atoms with Gasteiger partial charge < -0.3 is 5.32 Å². The predicted octanol–water partition coefficient (Wildman–Crippen LogP) is 0.648. The van der Waals surface area contributed by atoms with Crippen molar-refractivity contribution in [1.82, 2.24) is 5.32 Å². The maximum Gasteiger partial charge on any atom is 0.159 e. The van der Waals surface area contributed by atoms with Crippen molar-refractivity contribution in [3.63, 3.8) is 0 Å². The molecule has 52 valence electrons. The minimum absolute atomic E-state index is 0.178. The summed E-state index contributed by atoms with van der Waals surface area (Å²) in [6, 6.07) is 0. The Kier molecular flexibility index (Phi) is 3.88. The van der Waals surface area contributed by atoms with Gasteiger partial charge in [-0.3, -0.25) is 4.79 Å². The molecule has 0 rings (SSSR count). The monoisotopic (exact) mass is 131 g/mol. The highest BCUT2D eigenvalue weighted by atomic mass is 19.1. The first-order chi connectivity index (χ1) is 4.22. The van der Waals surface area contributed by atoms with Crippen LogP contribution in [-0.2, 0) is 4.79 Å². The average molecular weight is 131 g/mol. The Hall–Kier alpha value is -0.700. The van der Waals surface area contributed by atoms with Crippen LogP contribution in [0.1, 0.15) is 6.92 Å². The van der Waals surface area contributed by atoms with Gasteiger partial charge in [0.15, 0.2) is 5.78 Å². The summed E-state index contributed by atoms with van der Waals surface area (Å²) in [4.78, 5) is 10.4. The second-order valence-corrected chi connectivity index (χ2v) is 1.72. The summed E-state index contributed by atoms with van der Waals surface area (Å²) in [5.74, 6) is -0.230. The van der Waals surface area contributed by atoms with Gasteiger partial charge >= 0.3 is 0 Å². The van der Waals surface area contributed by atoms with Crippen LogP contribution in [0.2, 0.25) is 0 Å². The molecular formula is C6H10FNO. The molecule has 9 heavy (non-hydrogen) atoms. The zero-order chi connectivity index (χ0) is 7.28. The molecule has 0 radical (unpaired) electrons. The van der Waals surface area contributed by atoms with Crippen molar-refractivity contribution in [2.45, 2.75) is 6.92 Å². The molecule has 0 aromatic rings. The number of hydrogen-bond donors (Lipinski definition) is 1. The predicted molar refractivity (Wildman–Crippen MR) is 33.8 cm³/mol. The lowest BCUT2D eigenvalue weighted by Crippen LogP contribution is -2.14. The van der Waals surface area contributed by atoms with E-state index in [0.29, 0.717) is 12.9 Å². The van der Waals surface area contributed by atoms with Gasteiger partial charge in [-0.2, -0.15) is 0 Å². The first-order valence-corrected chi connectivity index (χ1v) is 2.67. The summed E-state index contributed by atoms with van der Waals surface area (Å²) in [5, 5.41) is 2.67. The Balaban J connectivity index is 3.85. The molecule has 0 amide bonds. The van der Waals surface area contributed by atoms with Crippen LogP contribution in [0, 0.1) is 0 Å². The van der Waals surface area contributed by atoms with E-state index in [9.17, 15) is 9.18 Å². The number of carbonyl (C=O) groups is 1. The SMILES string of the molecule is CNC/C(=C/F)C(C)=O. The maximum atomic E-state index is 11.7. The van der Waals surface area contributed by atoms with E-state index in [-0.39, 0.29) is 11.4 Å². The molecule has 0 aliphatic heterocycles. The van der Waals surface area contributed by atoms with Crippen LogP contribution < -0.4 is 5.32 Å². The van der Waals surface area contributed by atoms with Crippen LogP contribution in [0.15, 0.2) is 11.9 Å². The van der Waals surface area contributed by atoms with E-state index < -0.39 is 0 Å². The quantitative estimate of drug-likeness (QED) is 0.570. The molecule has 0 aliphatic carbocycles. The second-order valence-electron chi connectivity index (χ2n) is 1.72. The van der Waals surface area contributed by atoms with Gasteiger partial charge in [0.05, 0.1) is 6.33 Å². The normalized spacial score (nSPS) is 11.7. The highest BCUT2D eigenvalue weighted by Crippen LogP contribution is 1.93. The topological polar surface area (TPSA) is 29.1 Å². The zero-order valence-corrected chi connectivity index (χ0v) is 5.57. The molecule has 0 spiro atoms. The first-order valence-electron chi connectivity index (χ1n) is 2.67. The lowest BCUT2D eigenvalue weighted by Gasteiger charge is -1.96. The van der Waals surface area contributed by atoms with Gasteiger partial charge in [0.1, 0.15) is 0 Å². The van der Waals surface area contributed by atoms with Crippen LogP contribution in [0.5, 0.6) is 0 Å². The summed E-state index contributed by atoms with van der Waals surface area (Å²) in [6.07, 6.45) is 0.332. The fourth-order valence-electron chi connectivity index (χ4n) is 0.430. The Morgan fingerprint density at radius 1 is 1.78 bits per heavy atom. The number of Topliss-reactive ketones (excluding diaryl/α,β-unsaturated/α-hetero) is 1. The highest BCUT2D eigenvalue weighted by Gasteiger charge is 2.00. The Morgan fingerprint density at radius 3 is 2.44 bits per heavy atom. The minimum Gasteiger partial charge on any atom is -0.315 e. The molecular weight excluding hydrogens is 121 g/mol. The third kappa shape index (κ3) is 2.98. The molecule has 0 aliphatic rings. The van der Waals surface area contributed by atoms with E-state index in [4.69, 9.17) is 0 Å². The smallest absolute Gasteiger partial charge is 0.159 e. The largest absolute Gasteiger partial charge is 0.315 e. The van der Waals surface area contributed by atoms with Gasteiger partial charge in [-0.15, -0.1) is 0 Å². The van der Waals surface area contributed by atoms with Gasteiger partial charge in [0.2, 0.25) is 0 Å². The molecule has 0 fully saturated rings. The van der Waals surface area contributed by atoms with Gasteiger partial charge in [0.25, 0.3) is 0 Å². The first kappa shape index (κ1) is 8.30. The van der Waals surface area contributed by atoms with Crippen molar-refractivity contribution < 1.29 is 9.18 Å². The summed E-state index contributed by atoms with van der Waals surface area (Å²) in [5.41, 5.74) is 0.178. The van der Waals surface area contributed by atoms with Crippen molar-refractivity contribution in [3.05, 3.63) is 11.9 Å². The van der Waals surface area contributed by atoms with E-state index in [0.717, 1.165) is 0 Å². The molecule has 0 aromatic carbocycles. The third-order valence-electron chi connectivity index (χ3n) is 0.951. The standard InChI is InChI=1S/C6H10FNO/c1-5(9)6(3-7)4-8-2/h3,8H,4H2,1-2H3/b6-3-. The van der Waals surface area contributed by atoms with E-state index >= 15 is 0 Å². The van der Waals surface area contributed by atoms with Crippen molar-refractivity contribution in [1.29, 1.82) is 0 Å². The van der Waals surface area contributed by atoms with Crippen molar-refractivity contribution in [3.8, 4) is 0 Å². The third-order valence-corrected chi connectivity index (χ3v) is 0.951. The van der Waals surface area contributed by atoms with E-state index in [2.05, 4.69) is 5.32 Å². The van der Waals surface area contributed by atoms with Crippen molar-refractivity contribution >= 4 is 5.78 Å². The summed E-state index contributed by atoms with van der Waals surface area (Å²) in [7, 11) is 1.66. The molecule has 2 nitrogen and oxygen atoms in total. The van der Waals surface area contributed by atoms with Crippen molar-refractivity contribution in [2.75, 3.05) is 13.6 Å². The lowest BCUT2D eigenvalue weighted by atomic mass is 10.2. The van der Waals surface area contributed by atoms with Gasteiger partial charge in [-0.1, -0.05) is 0 Å². The Morgan fingerprint density at radius 2 is 2.33 bits per heavy atom. The van der Waals surface area contributed by atoms with E-state index in [1.807, 2.05) is 0 Å².